The number of ether oxygens (including phenoxy) is 1. The fourth-order valence-electron chi connectivity index (χ4n) is 3.20. The molecule has 3 rings (SSSR count). The summed E-state index contributed by atoms with van der Waals surface area (Å²) in [6.45, 7) is 5.98. The van der Waals surface area contributed by atoms with E-state index in [-0.39, 0.29) is 24.2 Å². The molecule has 154 valence electrons. The van der Waals surface area contributed by atoms with Crippen molar-refractivity contribution in [2.45, 2.75) is 6.92 Å². The smallest absolute Gasteiger partial charge is 0.260 e. The number of aryl methyl sites for hydroxylation is 1. The van der Waals surface area contributed by atoms with Crippen molar-refractivity contribution in [3.05, 3.63) is 65.5 Å². The van der Waals surface area contributed by atoms with Gasteiger partial charge in [-0.15, -0.1) is 0 Å². The predicted molar refractivity (Wildman–Crippen MR) is 108 cm³/mol. The molecule has 6 nitrogen and oxygen atoms in total. The average molecular weight is 399 g/mol. The number of para-hydroxylation sites is 1. The zero-order valence-electron chi connectivity index (χ0n) is 16.6. The predicted octanol–water partition coefficient (Wildman–Crippen LogP) is 2.09. The van der Waals surface area contributed by atoms with Crippen LogP contribution in [0.4, 0.5) is 4.39 Å². The van der Waals surface area contributed by atoms with Gasteiger partial charge in [0.05, 0.1) is 0 Å². The molecule has 2 aromatic rings. The minimum absolute atomic E-state index is 0.0162. The number of benzene rings is 2. The van der Waals surface area contributed by atoms with Crippen LogP contribution >= 0.6 is 0 Å². The number of nitrogens with zero attached hydrogens (tertiary/aromatic N) is 2. The molecule has 0 aromatic heterocycles. The van der Waals surface area contributed by atoms with Crippen LogP contribution in [-0.4, -0.2) is 67.5 Å². The highest BCUT2D eigenvalue weighted by molar-refractivity contribution is 5.94. The fourth-order valence-corrected chi connectivity index (χ4v) is 3.20. The Morgan fingerprint density at radius 3 is 2.41 bits per heavy atom. The molecule has 0 atom stereocenters. The van der Waals surface area contributed by atoms with Crippen LogP contribution < -0.4 is 10.1 Å². The molecule has 2 amide bonds. The highest BCUT2D eigenvalue weighted by Gasteiger charge is 2.21. The fraction of sp³-hybridized carbons (Fsp3) is 0.364. The second-order valence-electron chi connectivity index (χ2n) is 7.04. The molecule has 1 aliphatic rings. The number of hydrogen-bond acceptors (Lipinski definition) is 4. The number of piperazine rings is 1. The minimum Gasteiger partial charge on any atom is -0.484 e. The van der Waals surface area contributed by atoms with Crippen LogP contribution in [-0.2, 0) is 4.79 Å². The van der Waals surface area contributed by atoms with E-state index >= 15 is 0 Å². The summed E-state index contributed by atoms with van der Waals surface area (Å²) in [6, 6.07) is 13.1. The second kappa shape index (κ2) is 10.0. The van der Waals surface area contributed by atoms with Gasteiger partial charge in [-0.1, -0.05) is 18.2 Å². The molecule has 7 heteroatoms. The summed E-state index contributed by atoms with van der Waals surface area (Å²) in [5.41, 5.74) is 1.45. The Bertz CT molecular complexity index is 833. The number of rotatable bonds is 7. The Balaban J connectivity index is 1.34. The van der Waals surface area contributed by atoms with Gasteiger partial charge in [-0.2, -0.15) is 0 Å². The van der Waals surface area contributed by atoms with Crippen molar-refractivity contribution < 1.29 is 18.7 Å². The Hall–Kier alpha value is -2.93. The van der Waals surface area contributed by atoms with E-state index in [0.29, 0.717) is 31.7 Å². The molecule has 0 spiro atoms. The number of hydrogen-bond donors (Lipinski definition) is 1. The molecule has 2 aromatic carbocycles. The van der Waals surface area contributed by atoms with Gasteiger partial charge >= 0.3 is 0 Å². The molecule has 0 radical (unpaired) electrons. The molecule has 1 fully saturated rings. The lowest BCUT2D eigenvalue weighted by Gasteiger charge is -2.34. The Kier molecular flexibility index (Phi) is 7.19. The summed E-state index contributed by atoms with van der Waals surface area (Å²) in [6.07, 6.45) is 0. The van der Waals surface area contributed by atoms with Gasteiger partial charge < -0.3 is 15.0 Å². The van der Waals surface area contributed by atoms with E-state index in [2.05, 4.69) is 10.2 Å². The molecule has 0 aliphatic carbocycles. The van der Waals surface area contributed by atoms with Crippen molar-refractivity contribution in [2.24, 2.45) is 0 Å². The van der Waals surface area contributed by atoms with Crippen molar-refractivity contribution in [3.8, 4) is 5.75 Å². The van der Waals surface area contributed by atoms with E-state index in [1.807, 2.05) is 36.1 Å². The number of carbonyl (C=O) groups excluding carboxylic acids is 2. The van der Waals surface area contributed by atoms with Crippen molar-refractivity contribution in [1.29, 1.82) is 0 Å². The monoisotopic (exact) mass is 399 g/mol. The highest BCUT2D eigenvalue weighted by Crippen LogP contribution is 2.16. The van der Waals surface area contributed by atoms with Crippen LogP contribution in [0.15, 0.2) is 48.5 Å². The van der Waals surface area contributed by atoms with Gasteiger partial charge in [0.2, 0.25) is 0 Å². The first kappa shape index (κ1) is 20.8. The molecular weight excluding hydrogens is 373 g/mol. The zero-order chi connectivity index (χ0) is 20.6. The van der Waals surface area contributed by atoms with Crippen LogP contribution in [0.1, 0.15) is 15.9 Å². The summed E-state index contributed by atoms with van der Waals surface area (Å²) in [5, 5.41) is 2.84. The van der Waals surface area contributed by atoms with Crippen molar-refractivity contribution in [2.75, 3.05) is 45.9 Å². The molecule has 1 N–H and O–H groups in total. The summed E-state index contributed by atoms with van der Waals surface area (Å²) in [5.74, 6) is 0.138. The van der Waals surface area contributed by atoms with E-state index in [1.165, 1.54) is 24.3 Å². The Labute approximate surface area is 170 Å². The molecule has 0 saturated carbocycles. The third-order valence-electron chi connectivity index (χ3n) is 4.99. The maximum atomic E-state index is 12.9. The first-order valence-electron chi connectivity index (χ1n) is 9.75. The second-order valence-corrected chi connectivity index (χ2v) is 7.04. The Morgan fingerprint density at radius 1 is 1.03 bits per heavy atom. The third kappa shape index (κ3) is 6.02. The lowest BCUT2D eigenvalue weighted by molar-refractivity contribution is -0.135. The van der Waals surface area contributed by atoms with Crippen molar-refractivity contribution in [3.63, 3.8) is 0 Å². The van der Waals surface area contributed by atoms with E-state index in [4.69, 9.17) is 4.74 Å². The average Bonchev–Trinajstić information content (AvgIpc) is 2.74. The van der Waals surface area contributed by atoms with E-state index in [9.17, 15) is 14.0 Å². The standard InChI is InChI=1S/C22H26FN3O3/c1-17-4-2-3-5-20(17)29-16-21(27)26-14-12-25(13-15-26)11-10-24-22(28)18-6-8-19(23)9-7-18/h2-9H,10-16H2,1H3,(H,24,28). The van der Waals surface area contributed by atoms with Crippen LogP contribution in [0.25, 0.3) is 0 Å². The van der Waals surface area contributed by atoms with Crippen LogP contribution in [0.3, 0.4) is 0 Å². The van der Waals surface area contributed by atoms with E-state index < -0.39 is 0 Å². The quantitative estimate of drug-likeness (QED) is 0.775. The van der Waals surface area contributed by atoms with Gasteiger partial charge in [-0.05, 0) is 42.8 Å². The molecular formula is C22H26FN3O3. The first-order chi connectivity index (χ1) is 14.0. The van der Waals surface area contributed by atoms with Gasteiger partial charge in [0.25, 0.3) is 11.8 Å². The maximum Gasteiger partial charge on any atom is 0.260 e. The summed E-state index contributed by atoms with van der Waals surface area (Å²) in [7, 11) is 0. The summed E-state index contributed by atoms with van der Waals surface area (Å²) < 4.78 is 18.6. The van der Waals surface area contributed by atoms with Crippen LogP contribution in [0.5, 0.6) is 5.75 Å². The van der Waals surface area contributed by atoms with E-state index in [1.54, 1.807) is 0 Å². The van der Waals surface area contributed by atoms with E-state index in [0.717, 1.165) is 24.4 Å². The minimum atomic E-state index is -0.363. The SMILES string of the molecule is Cc1ccccc1OCC(=O)N1CCN(CCNC(=O)c2ccc(F)cc2)CC1. The molecule has 1 aliphatic heterocycles. The lowest BCUT2D eigenvalue weighted by Crippen LogP contribution is -2.51. The Morgan fingerprint density at radius 2 is 1.72 bits per heavy atom. The lowest BCUT2D eigenvalue weighted by atomic mass is 10.2. The molecule has 0 bridgehead atoms. The zero-order valence-corrected chi connectivity index (χ0v) is 16.6. The van der Waals surface area contributed by atoms with Crippen molar-refractivity contribution in [1.82, 2.24) is 15.1 Å². The summed E-state index contributed by atoms with van der Waals surface area (Å²) in [4.78, 5) is 28.4. The van der Waals surface area contributed by atoms with Crippen LogP contribution in [0, 0.1) is 12.7 Å². The first-order valence-corrected chi connectivity index (χ1v) is 9.75. The highest BCUT2D eigenvalue weighted by atomic mass is 19.1. The molecule has 1 heterocycles. The van der Waals surface area contributed by atoms with Gasteiger partial charge in [-0.25, -0.2) is 4.39 Å². The van der Waals surface area contributed by atoms with Gasteiger partial charge in [-0.3, -0.25) is 14.5 Å². The third-order valence-corrected chi connectivity index (χ3v) is 4.99. The number of halogens is 1. The molecule has 29 heavy (non-hydrogen) atoms. The normalized spacial score (nSPS) is 14.5. The topological polar surface area (TPSA) is 61.9 Å². The summed E-state index contributed by atoms with van der Waals surface area (Å²) >= 11 is 0. The number of nitrogens with one attached hydrogen (secondary N) is 1. The number of amides is 2. The number of carbonyl (C=O) groups is 2. The van der Waals surface area contributed by atoms with Gasteiger partial charge in [0.1, 0.15) is 11.6 Å². The van der Waals surface area contributed by atoms with Gasteiger partial charge in [0, 0.05) is 44.8 Å². The maximum absolute atomic E-state index is 12.9. The van der Waals surface area contributed by atoms with Crippen molar-refractivity contribution >= 4 is 11.8 Å². The van der Waals surface area contributed by atoms with Gasteiger partial charge in [0.15, 0.2) is 6.61 Å². The van der Waals surface area contributed by atoms with Crippen LogP contribution in [0.2, 0.25) is 0 Å². The molecule has 0 unspecified atom stereocenters. The largest absolute Gasteiger partial charge is 0.484 e. The molecule has 1 saturated heterocycles.